The van der Waals surface area contributed by atoms with Gasteiger partial charge in [-0.05, 0) is 0 Å². The lowest BCUT2D eigenvalue weighted by Gasteiger charge is -2.07. The Morgan fingerprint density at radius 3 is 2.54 bits per heavy atom. The minimum absolute atomic E-state index is 0.119. The summed E-state index contributed by atoms with van der Waals surface area (Å²) in [4.78, 5) is 13.8. The third kappa shape index (κ3) is 1.56. The van der Waals surface area contributed by atoms with Gasteiger partial charge in [-0.3, -0.25) is 4.79 Å². The van der Waals surface area contributed by atoms with E-state index in [1.54, 1.807) is 0 Å². The van der Waals surface area contributed by atoms with Crippen LogP contribution in [0.4, 0.5) is 20.3 Å². The lowest BCUT2D eigenvalue weighted by Crippen LogP contribution is -2.05. The van der Waals surface area contributed by atoms with Crippen LogP contribution in [0.1, 0.15) is 22.3 Å². The molecule has 70 valence electrons. The van der Waals surface area contributed by atoms with E-state index >= 15 is 0 Å². The van der Waals surface area contributed by atoms with Crippen molar-refractivity contribution in [3.8, 4) is 0 Å². The van der Waals surface area contributed by atoms with Crippen LogP contribution in [0.5, 0.6) is 0 Å². The van der Waals surface area contributed by atoms with Crippen molar-refractivity contribution in [1.82, 2.24) is 4.98 Å². The maximum absolute atomic E-state index is 12.2. The SMILES string of the molecule is Nc1ncc(C(F)F)c(C=O)c1N. The third-order valence-corrected chi connectivity index (χ3v) is 1.57. The molecular weight excluding hydrogens is 180 g/mol. The van der Waals surface area contributed by atoms with Crippen LogP contribution in [0.25, 0.3) is 0 Å². The van der Waals surface area contributed by atoms with Gasteiger partial charge in [0.2, 0.25) is 0 Å². The second-order valence-corrected chi connectivity index (χ2v) is 2.34. The maximum atomic E-state index is 12.2. The van der Waals surface area contributed by atoms with E-state index in [1.165, 1.54) is 0 Å². The molecule has 1 rings (SSSR count). The number of nitrogens with zero attached hydrogens (tertiary/aromatic N) is 1. The second-order valence-electron chi connectivity index (χ2n) is 2.34. The van der Waals surface area contributed by atoms with Gasteiger partial charge < -0.3 is 11.5 Å². The van der Waals surface area contributed by atoms with Crippen LogP contribution in [0, 0.1) is 0 Å². The average molecular weight is 187 g/mol. The fourth-order valence-electron chi connectivity index (χ4n) is 0.877. The molecule has 0 aromatic carbocycles. The van der Waals surface area contributed by atoms with E-state index in [2.05, 4.69) is 4.98 Å². The Kier molecular flexibility index (Phi) is 2.41. The van der Waals surface area contributed by atoms with Crippen molar-refractivity contribution < 1.29 is 13.6 Å². The van der Waals surface area contributed by atoms with Crippen LogP contribution < -0.4 is 11.5 Å². The molecular formula is C7H7F2N3O. The Hall–Kier alpha value is -1.72. The van der Waals surface area contributed by atoms with E-state index < -0.39 is 12.0 Å². The summed E-state index contributed by atoms with van der Waals surface area (Å²) in [5.74, 6) is -0.119. The fourth-order valence-corrected chi connectivity index (χ4v) is 0.877. The van der Waals surface area contributed by atoms with Crippen LogP contribution in [0.3, 0.4) is 0 Å². The molecule has 13 heavy (non-hydrogen) atoms. The first-order valence-corrected chi connectivity index (χ1v) is 3.35. The molecule has 0 atom stereocenters. The van der Waals surface area contributed by atoms with E-state index in [-0.39, 0.29) is 23.4 Å². The minimum atomic E-state index is -2.78. The topological polar surface area (TPSA) is 82.0 Å². The first-order valence-electron chi connectivity index (χ1n) is 3.35. The van der Waals surface area contributed by atoms with Crippen molar-refractivity contribution in [3.05, 3.63) is 17.3 Å². The van der Waals surface area contributed by atoms with Crippen molar-refractivity contribution in [3.63, 3.8) is 0 Å². The molecule has 0 aliphatic rings. The van der Waals surface area contributed by atoms with Crippen molar-refractivity contribution in [1.29, 1.82) is 0 Å². The molecule has 0 saturated carbocycles. The second kappa shape index (κ2) is 3.34. The Morgan fingerprint density at radius 1 is 1.46 bits per heavy atom. The molecule has 0 fully saturated rings. The fraction of sp³-hybridized carbons (Fsp3) is 0.143. The summed E-state index contributed by atoms with van der Waals surface area (Å²) >= 11 is 0. The van der Waals surface area contributed by atoms with Crippen molar-refractivity contribution >= 4 is 17.8 Å². The molecule has 0 bridgehead atoms. The molecule has 1 heterocycles. The average Bonchev–Trinajstić information content (AvgIpc) is 2.09. The van der Waals surface area contributed by atoms with Gasteiger partial charge in [0.1, 0.15) is 5.82 Å². The number of pyridine rings is 1. The first kappa shape index (κ1) is 9.37. The van der Waals surface area contributed by atoms with Gasteiger partial charge in [0, 0.05) is 11.8 Å². The normalized spacial score (nSPS) is 10.4. The number of anilines is 2. The molecule has 0 amide bonds. The van der Waals surface area contributed by atoms with Crippen molar-refractivity contribution in [2.45, 2.75) is 6.43 Å². The number of halogens is 2. The van der Waals surface area contributed by atoms with Crippen LogP contribution >= 0.6 is 0 Å². The number of aromatic nitrogens is 1. The van der Waals surface area contributed by atoms with Gasteiger partial charge in [0.15, 0.2) is 6.29 Å². The van der Waals surface area contributed by atoms with Crippen molar-refractivity contribution in [2.75, 3.05) is 11.5 Å². The summed E-state index contributed by atoms with van der Waals surface area (Å²) in [6, 6.07) is 0. The summed E-state index contributed by atoms with van der Waals surface area (Å²) in [6.07, 6.45) is -1.69. The quantitative estimate of drug-likeness (QED) is 0.676. The third-order valence-electron chi connectivity index (χ3n) is 1.57. The predicted octanol–water partition coefficient (Wildman–Crippen LogP) is 0.996. The number of hydrogen-bond acceptors (Lipinski definition) is 4. The van der Waals surface area contributed by atoms with Gasteiger partial charge in [0.05, 0.1) is 11.3 Å². The number of nitrogen functional groups attached to an aromatic ring is 2. The van der Waals surface area contributed by atoms with Gasteiger partial charge in [-0.25, -0.2) is 13.8 Å². The smallest absolute Gasteiger partial charge is 0.266 e. The Balaban J connectivity index is 3.38. The van der Waals surface area contributed by atoms with Gasteiger partial charge in [-0.2, -0.15) is 0 Å². The minimum Gasteiger partial charge on any atom is -0.395 e. The molecule has 6 heteroatoms. The van der Waals surface area contributed by atoms with E-state index in [0.717, 1.165) is 6.20 Å². The zero-order valence-corrected chi connectivity index (χ0v) is 6.50. The summed E-state index contributed by atoms with van der Waals surface area (Å²) in [7, 11) is 0. The van der Waals surface area contributed by atoms with Gasteiger partial charge in [-0.15, -0.1) is 0 Å². The van der Waals surface area contributed by atoms with Crippen LogP contribution in [-0.4, -0.2) is 11.3 Å². The van der Waals surface area contributed by atoms with Gasteiger partial charge in [0.25, 0.3) is 6.43 Å². The lowest BCUT2D eigenvalue weighted by atomic mass is 10.1. The standard InChI is InChI=1S/C7H7F2N3O/c8-6(9)3-1-12-7(11)5(10)4(3)2-13/h1-2,6H,10H2,(H2,11,12). The maximum Gasteiger partial charge on any atom is 0.266 e. The number of carbonyl (C=O) groups is 1. The number of carbonyl (C=O) groups excluding carboxylic acids is 1. The number of hydrogen-bond donors (Lipinski definition) is 2. The highest BCUT2D eigenvalue weighted by Gasteiger charge is 2.16. The van der Waals surface area contributed by atoms with E-state index in [0.29, 0.717) is 0 Å². The summed E-state index contributed by atoms with van der Waals surface area (Å²) in [5.41, 5.74) is 9.52. The number of alkyl halides is 2. The Labute approximate surface area is 72.6 Å². The monoisotopic (exact) mass is 187 g/mol. The van der Waals surface area contributed by atoms with Gasteiger partial charge in [-0.1, -0.05) is 0 Å². The van der Waals surface area contributed by atoms with Gasteiger partial charge >= 0.3 is 0 Å². The molecule has 0 unspecified atom stereocenters. The summed E-state index contributed by atoms with van der Waals surface area (Å²) < 4.78 is 24.5. The lowest BCUT2D eigenvalue weighted by molar-refractivity contribution is 0.110. The Morgan fingerprint density at radius 2 is 2.08 bits per heavy atom. The summed E-state index contributed by atoms with van der Waals surface area (Å²) in [6.45, 7) is 0. The van der Waals surface area contributed by atoms with Crippen LogP contribution in [-0.2, 0) is 0 Å². The molecule has 1 aromatic rings. The van der Waals surface area contributed by atoms with Crippen molar-refractivity contribution in [2.24, 2.45) is 0 Å². The van der Waals surface area contributed by atoms with Crippen LogP contribution in [0.2, 0.25) is 0 Å². The number of aldehydes is 1. The molecule has 0 aliphatic carbocycles. The summed E-state index contributed by atoms with van der Waals surface area (Å²) in [5, 5.41) is 0. The molecule has 4 nitrogen and oxygen atoms in total. The zero-order valence-electron chi connectivity index (χ0n) is 6.50. The number of rotatable bonds is 2. The van der Waals surface area contributed by atoms with Crippen LogP contribution in [0.15, 0.2) is 6.20 Å². The zero-order chi connectivity index (χ0) is 10.0. The highest BCUT2D eigenvalue weighted by Crippen LogP contribution is 2.27. The molecule has 0 saturated heterocycles. The molecule has 4 N–H and O–H groups in total. The van der Waals surface area contributed by atoms with E-state index in [9.17, 15) is 13.6 Å². The molecule has 0 radical (unpaired) electrons. The largest absolute Gasteiger partial charge is 0.395 e. The molecule has 1 aromatic heterocycles. The molecule has 0 spiro atoms. The first-order chi connectivity index (χ1) is 6.07. The number of nitrogens with two attached hydrogens (primary N) is 2. The molecule has 0 aliphatic heterocycles. The highest BCUT2D eigenvalue weighted by molar-refractivity contribution is 5.89. The Bertz CT molecular complexity index is 341. The highest BCUT2D eigenvalue weighted by atomic mass is 19.3. The van der Waals surface area contributed by atoms with E-state index in [1.807, 2.05) is 0 Å². The predicted molar refractivity (Wildman–Crippen MR) is 43.4 cm³/mol. The van der Waals surface area contributed by atoms with E-state index in [4.69, 9.17) is 11.5 Å².